The van der Waals surface area contributed by atoms with Crippen molar-refractivity contribution >= 4 is 6.09 Å². The molecule has 5 heteroatoms. The molecular weight excluding hydrogens is 402 g/mol. The second-order valence-electron chi connectivity index (χ2n) is 8.36. The lowest BCUT2D eigenvalue weighted by molar-refractivity contribution is 0.0970. The van der Waals surface area contributed by atoms with Gasteiger partial charge in [0.25, 0.3) is 0 Å². The molecule has 0 aliphatic heterocycles. The summed E-state index contributed by atoms with van der Waals surface area (Å²) >= 11 is 0. The second kappa shape index (κ2) is 9.88. The number of aliphatic hydroxyl groups is 1. The van der Waals surface area contributed by atoms with Crippen molar-refractivity contribution in [3.63, 3.8) is 0 Å². The number of nitrogens with one attached hydrogen (secondary N) is 1. The van der Waals surface area contributed by atoms with Crippen LogP contribution in [0, 0.1) is 0 Å². The first-order chi connectivity index (χ1) is 15.5. The first kappa shape index (κ1) is 21.9. The maximum Gasteiger partial charge on any atom is 0.407 e. The lowest BCUT2D eigenvalue weighted by Gasteiger charge is -2.18. The first-order valence-corrected chi connectivity index (χ1v) is 11.0. The molecule has 166 valence electrons. The summed E-state index contributed by atoms with van der Waals surface area (Å²) in [6.07, 6.45) is -1.39. The van der Waals surface area contributed by atoms with Crippen LogP contribution < -0.4 is 10.1 Å². The number of carbonyl (C=O) groups excluding carboxylic acids is 1. The Labute approximate surface area is 189 Å². The lowest BCUT2D eigenvalue weighted by Crippen LogP contribution is -2.36. The molecule has 0 saturated carbocycles. The van der Waals surface area contributed by atoms with E-state index in [1.54, 1.807) is 0 Å². The van der Waals surface area contributed by atoms with E-state index in [-0.39, 0.29) is 25.7 Å². The van der Waals surface area contributed by atoms with Crippen molar-refractivity contribution in [3.8, 4) is 16.9 Å². The normalized spacial score (nSPS) is 13.4. The smallest absolute Gasteiger partial charge is 0.407 e. The highest BCUT2D eigenvalue weighted by atomic mass is 16.5. The maximum absolute atomic E-state index is 12.3. The van der Waals surface area contributed by atoms with Gasteiger partial charge in [-0.25, -0.2) is 4.79 Å². The molecule has 2 N–H and O–H groups in total. The number of ether oxygens (including phenoxy) is 2. The molecule has 4 rings (SSSR count). The van der Waals surface area contributed by atoms with Crippen molar-refractivity contribution < 1.29 is 19.4 Å². The molecule has 1 amide bonds. The van der Waals surface area contributed by atoms with Crippen LogP contribution in [0.3, 0.4) is 0 Å². The van der Waals surface area contributed by atoms with E-state index in [1.165, 1.54) is 22.3 Å². The molecule has 0 fully saturated rings. The number of carbonyl (C=O) groups is 1. The SMILES string of the molecule is CC(C)c1ccccc1OCC(O)CNC(=O)OCC1c2ccccc2-c2ccccc21. The molecule has 1 atom stereocenters. The van der Waals surface area contributed by atoms with E-state index in [2.05, 4.69) is 43.4 Å². The van der Waals surface area contributed by atoms with Crippen molar-refractivity contribution in [2.75, 3.05) is 19.8 Å². The minimum atomic E-state index is -0.837. The number of amides is 1. The van der Waals surface area contributed by atoms with E-state index in [4.69, 9.17) is 9.47 Å². The topological polar surface area (TPSA) is 67.8 Å². The Balaban J connectivity index is 1.27. The molecule has 3 aromatic rings. The van der Waals surface area contributed by atoms with Gasteiger partial charge < -0.3 is 19.9 Å². The number of para-hydroxylation sites is 1. The van der Waals surface area contributed by atoms with E-state index in [0.29, 0.717) is 5.92 Å². The fraction of sp³-hybridized carbons (Fsp3) is 0.296. The third kappa shape index (κ3) is 4.78. The van der Waals surface area contributed by atoms with Gasteiger partial charge in [0.05, 0.1) is 6.54 Å². The van der Waals surface area contributed by atoms with Crippen molar-refractivity contribution in [1.82, 2.24) is 5.32 Å². The van der Waals surface area contributed by atoms with Gasteiger partial charge in [-0.3, -0.25) is 0 Å². The molecule has 1 unspecified atom stereocenters. The number of rotatable bonds is 8. The van der Waals surface area contributed by atoms with E-state index in [9.17, 15) is 9.90 Å². The fourth-order valence-corrected chi connectivity index (χ4v) is 4.18. The summed E-state index contributed by atoms with van der Waals surface area (Å²) < 4.78 is 11.3. The van der Waals surface area contributed by atoms with E-state index < -0.39 is 12.2 Å². The van der Waals surface area contributed by atoms with Gasteiger partial charge in [-0.2, -0.15) is 0 Å². The van der Waals surface area contributed by atoms with Crippen LogP contribution in [0.4, 0.5) is 4.79 Å². The van der Waals surface area contributed by atoms with E-state index >= 15 is 0 Å². The van der Waals surface area contributed by atoms with Gasteiger partial charge >= 0.3 is 6.09 Å². The van der Waals surface area contributed by atoms with Gasteiger partial charge in [-0.1, -0.05) is 80.6 Å². The van der Waals surface area contributed by atoms with Crippen LogP contribution >= 0.6 is 0 Å². The van der Waals surface area contributed by atoms with Crippen LogP contribution in [0.1, 0.15) is 42.4 Å². The highest BCUT2D eigenvalue weighted by Gasteiger charge is 2.29. The predicted octanol–water partition coefficient (Wildman–Crippen LogP) is 5.09. The molecule has 0 radical (unpaired) electrons. The van der Waals surface area contributed by atoms with Crippen molar-refractivity contribution in [2.45, 2.75) is 31.8 Å². The van der Waals surface area contributed by atoms with Gasteiger partial charge in [0.1, 0.15) is 25.1 Å². The minimum absolute atomic E-state index is 0.00828. The zero-order valence-electron chi connectivity index (χ0n) is 18.5. The number of fused-ring (bicyclic) bond motifs is 3. The molecule has 0 aromatic heterocycles. The monoisotopic (exact) mass is 431 g/mol. The van der Waals surface area contributed by atoms with Crippen molar-refractivity contribution in [3.05, 3.63) is 89.5 Å². The number of hydrogen-bond donors (Lipinski definition) is 2. The summed E-state index contributed by atoms with van der Waals surface area (Å²) in [4.78, 5) is 12.3. The molecule has 0 saturated heterocycles. The molecule has 3 aromatic carbocycles. The number of alkyl carbamates (subject to hydrolysis) is 1. The number of hydrogen-bond acceptors (Lipinski definition) is 4. The Hall–Kier alpha value is -3.31. The van der Waals surface area contributed by atoms with Crippen LogP contribution in [-0.2, 0) is 4.74 Å². The maximum atomic E-state index is 12.3. The van der Waals surface area contributed by atoms with Gasteiger partial charge in [-0.15, -0.1) is 0 Å². The quantitative estimate of drug-likeness (QED) is 0.521. The Kier molecular flexibility index (Phi) is 6.76. The molecular formula is C27H29NO4. The summed E-state index contributed by atoms with van der Waals surface area (Å²) in [6, 6.07) is 24.2. The van der Waals surface area contributed by atoms with Crippen LogP contribution in [0.25, 0.3) is 11.1 Å². The third-order valence-electron chi connectivity index (χ3n) is 5.80. The summed E-state index contributed by atoms with van der Waals surface area (Å²) in [5.41, 5.74) is 5.79. The zero-order valence-corrected chi connectivity index (χ0v) is 18.5. The first-order valence-electron chi connectivity index (χ1n) is 11.0. The Bertz CT molecular complexity index is 1030. The summed E-state index contributed by atoms with van der Waals surface area (Å²) in [6.45, 7) is 4.58. The molecule has 1 aliphatic carbocycles. The Morgan fingerprint density at radius 2 is 1.53 bits per heavy atom. The van der Waals surface area contributed by atoms with Gasteiger partial charge in [-0.05, 0) is 39.8 Å². The number of benzene rings is 3. The van der Waals surface area contributed by atoms with Crippen LogP contribution in [0.5, 0.6) is 5.75 Å². The minimum Gasteiger partial charge on any atom is -0.491 e. The number of aliphatic hydroxyl groups excluding tert-OH is 1. The highest BCUT2D eigenvalue weighted by molar-refractivity contribution is 5.79. The lowest BCUT2D eigenvalue weighted by atomic mass is 9.98. The Morgan fingerprint density at radius 1 is 0.938 bits per heavy atom. The highest BCUT2D eigenvalue weighted by Crippen LogP contribution is 2.44. The van der Waals surface area contributed by atoms with Gasteiger partial charge in [0, 0.05) is 5.92 Å². The second-order valence-corrected chi connectivity index (χ2v) is 8.36. The van der Waals surface area contributed by atoms with Crippen molar-refractivity contribution in [2.24, 2.45) is 0 Å². The van der Waals surface area contributed by atoms with Crippen LogP contribution in [-0.4, -0.2) is 37.1 Å². The van der Waals surface area contributed by atoms with Gasteiger partial charge in [0.2, 0.25) is 0 Å². The van der Waals surface area contributed by atoms with E-state index in [0.717, 1.165) is 11.3 Å². The van der Waals surface area contributed by atoms with Crippen LogP contribution in [0.2, 0.25) is 0 Å². The predicted molar refractivity (Wildman–Crippen MR) is 125 cm³/mol. The summed E-state index contributed by atoms with van der Waals surface area (Å²) in [7, 11) is 0. The molecule has 32 heavy (non-hydrogen) atoms. The molecule has 0 bridgehead atoms. The summed E-state index contributed by atoms with van der Waals surface area (Å²) in [5.74, 6) is 1.08. The molecule has 0 heterocycles. The summed E-state index contributed by atoms with van der Waals surface area (Å²) in [5, 5.41) is 12.9. The largest absolute Gasteiger partial charge is 0.491 e. The molecule has 0 spiro atoms. The average Bonchev–Trinajstić information content (AvgIpc) is 3.14. The fourth-order valence-electron chi connectivity index (χ4n) is 4.18. The average molecular weight is 432 g/mol. The standard InChI is InChI=1S/C27H29NO4/c1-18(2)20-9-7-8-14-26(20)31-16-19(29)15-28-27(30)32-17-25-23-12-5-3-10-21(23)22-11-4-6-13-24(22)25/h3-14,18-19,25,29H,15-17H2,1-2H3,(H,28,30). The van der Waals surface area contributed by atoms with Gasteiger partial charge in [0.15, 0.2) is 0 Å². The zero-order chi connectivity index (χ0) is 22.5. The van der Waals surface area contributed by atoms with Crippen LogP contribution in [0.15, 0.2) is 72.8 Å². The third-order valence-corrected chi connectivity index (χ3v) is 5.80. The van der Waals surface area contributed by atoms with E-state index in [1.807, 2.05) is 48.5 Å². The Morgan fingerprint density at radius 3 is 2.19 bits per heavy atom. The molecule has 5 nitrogen and oxygen atoms in total. The molecule has 1 aliphatic rings. The van der Waals surface area contributed by atoms with Crippen molar-refractivity contribution in [1.29, 1.82) is 0 Å².